The van der Waals surface area contributed by atoms with Gasteiger partial charge in [-0.2, -0.15) is 0 Å². The summed E-state index contributed by atoms with van der Waals surface area (Å²) in [6.45, 7) is 6.52. The van der Waals surface area contributed by atoms with Gasteiger partial charge in [-0.15, -0.1) is 11.8 Å². The maximum Gasteiger partial charge on any atom is 0.133 e. The highest BCUT2D eigenvalue weighted by atomic mass is 32.2. The largest absolute Gasteiger partial charge is 0.457 e. The van der Waals surface area contributed by atoms with Crippen LogP contribution >= 0.6 is 11.8 Å². The number of ether oxygens (including phenoxy) is 1. The third-order valence-electron chi connectivity index (χ3n) is 3.23. The maximum atomic E-state index is 5.85. The summed E-state index contributed by atoms with van der Waals surface area (Å²) in [5.41, 5.74) is 1.13. The lowest BCUT2D eigenvalue weighted by atomic mass is 10.2. The standard InChI is InChI=1S/C14H15NOS.C5H12/c1-3-11-10-15-9-8-14(11)16-12-4-6-13(17-2)7-5-12;1-3-5-4-2/h4-10H,3H2,1-2H3;3-5H2,1-2H3. The van der Waals surface area contributed by atoms with Crippen LogP contribution in [0.25, 0.3) is 0 Å². The van der Waals surface area contributed by atoms with E-state index >= 15 is 0 Å². The van der Waals surface area contributed by atoms with Gasteiger partial charge in [-0.3, -0.25) is 4.98 Å². The van der Waals surface area contributed by atoms with Crippen LogP contribution in [0.1, 0.15) is 45.6 Å². The van der Waals surface area contributed by atoms with E-state index in [0.29, 0.717) is 0 Å². The average molecular weight is 317 g/mol. The number of thioether (sulfide) groups is 1. The molecule has 0 bridgehead atoms. The molecule has 0 spiro atoms. The van der Waals surface area contributed by atoms with Crippen LogP contribution in [-0.4, -0.2) is 11.2 Å². The van der Waals surface area contributed by atoms with Crippen molar-refractivity contribution >= 4 is 11.8 Å². The van der Waals surface area contributed by atoms with Gasteiger partial charge >= 0.3 is 0 Å². The molecule has 0 aliphatic heterocycles. The van der Waals surface area contributed by atoms with E-state index in [1.807, 2.05) is 24.4 Å². The van der Waals surface area contributed by atoms with Gasteiger partial charge in [0, 0.05) is 22.9 Å². The monoisotopic (exact) mass is 317 g/mol. The highest BCUT2D eigenvalue weighted by Crippen LogP contribution is 2.26. The zero-order chi connectivity index (χ0) is 16.2. The number of hydrogen-bond acceptors (Lipinski definition) is 3. The summed E-state index contributed by atoms with van der Waals surface area (Å²) in [5.74, 6) is 1.75. The Morgan fingerprint density at radius 1 is 1.00 bits per heavy atom. The number of benzene rings is 1. The number of rotatable bonds is 6. The van der Waals surface area contributed by atoms with Crippen LogP contribution in [-0.2, 0) is 6.42 Å². The molecule has 0 aliphatic rings. The molecule has 2 rings (SSSR count). The summed E-state index contributed by atoms with van der Waals surface area (Å²) < 4.78 is 5.85. The molecule has 3 heteroatoms. The second-order valence-electron chi connectivity index (χ2n) is 4.97. The normalized spacial score (nSPS) is 9.82. The van der Waals surface area contributed by atoms with Crippen molar-refractivity contribution in [2.24, 2.45) is 0 Å². The van der Waals surface area contributed by atoms with E-state index in [-0.39, 0.29) is 0 Å². The molecule has 120 valence electrons. The predicted molar refractivity (Wildman–Crippen MR) is 97.1 cm³/mol. The molecule has 0 aliphatic carbocycles. The van der Waals surface area contributed by atoms with Crippen molar-refractivity contribution in [3.63, 3.8) is 0 Å². The van der Waals surface area contributed by atoms with Gasteiger partial charge in [0.2, 0.25) is 0 Å². The number of hydrogen-bond donors (Lipinski definition) is 0. The molecule has 0 N–H and O–H groups in total. The summed E-state index contributed by atoms with van der Waals surface area (Å²) in [6, 6.07) is 10.0. The zero-order valence-corrected chi connectivity index (χ0v) is 15.0. The van der Waals surface area contributed by atoms with Crippen LogP contribution in [0.2, 0.25) is 0 Å². The lowest BCUT2D eigenvalue weighted by Gasteiger charge is -2.09. The molecular formula is C19H27NOS. The Morgan fingerprint density at radius 3 is 2.18 bits per heavy atom. The third kappa shape index (κ3) is 6.52. The van der Waals surface area contributed by atoms with Crippen LogP contribution in [0, 0.1) is 0 Å². The summed E-state index contributed by atoms with van der Waals surface area (Å²) in [5, 5.41) is 0. The number of pyridine rings is 1. The van der Waals surface area contributed by atoms with Gasteiger partial charge < -0.3 is 4.74 Å². The highest BCUT2D eigenvalue weighted by molar-refractivity contribution is 7.98. The maximum absolute atomic E-state index is 5.85. The van der Waals surface area contributed by atoms with Crippen molar-refractivity contribution in [2.75, 3.05) is 6.26 Å². The fourth-order valence-corrected chi connectivity index (χ4v) is 2.31. The molecule has 22 heavy (non-hydrogen) atoms. The summed E-state index contributed by atoms with van der Waals surface area (Å²) in [7, 11) is 0. The molecular weight excluding hydrogens is 290 g/mol. The second-order valence-corrected chi connectivity index (χ2v) is 5.85. The Hall–Kier alpha value is -1.48. The van der Waals surface area contributed by atoms with E-state index in [1.165, 1.54) is 24.2 Å². The topological polar surface area (TPSA) is 22.1 Å². The predicted octanol–water partition coefficient (Wildman–Crippen LogP) is 6.35. The Kier molecular flexibility index (Phi) is 9.40. The molecule has 1 aromatic carbocycles. The van der Waals surface area contributed by atoms with Crippen LogP contribution in [0.15, 0.2) is 47.6 Å². The molecule has 2 aromatic rings. The second kappa shape index (κ2) is 11.1. The number of aromatic nitrogens is 1. The van der Waals surface area contributed by atoms with E-state index in [1.54, 1.807) is 18.0 Å². The van der Waals surface area contributed by atoms with Gasteiger partial charge in [-0.25, -0.2) is 0 Å². The Labute approximate surface area is 139 Å². The van der Waals surface area contributed by atoms with Crippen LogP contribution < -0.4 is 4.74 Å². The summed E-state index contributed by atoms with van der Waals surface area (Å²) in [4.78, 5) is 5.34. The van der Waals surface area contributed by atoms with Crippen molar-refractivity contribution in [3.8, 4) is 11.5 Å². The van der Waals surface area contributed by atoms with Crippen molar-refractivity contribution < 1.29 is 4.74 Å². The number of unbranched alkanes of at least 4 members (excludes halogenated alkanes) is 2. The molecule has 0 saturated carbocycles. The first-order valence-corrected chi connectivity index (χ1v) is 9.22. The van der Waals surface area contributed by atoms with E-state index in [4.69, 9.17) is 4.74 Å². The van der Waals surface area contributed by atoms with Gasteiger partial charge in [0.1, 0.15) is 11.5 Å². The van der Waals surface area contributed by atoms with E-state index in [9.17, 15) is 0 Å². The van der Waals surface area contributed by atoms with Gasteiger partial charge in [0.25, 0.3) is 0 Å². The van der Waals surface area contributed by atoms with Crippen LogP contribution in [0.3, 0.4) is 0 Å². The lowest BCUT2D eigenvalue weighted by Crippen LogP contribution is -1.91. The van der Waals surface area contributed by atoms with E-state index < -0.39 is 0 Å². The zero-order valence-electron chi connectivity index (χ0n) is 14.1. The first-order valence-electron chi connectivity index (χ1n) is 7.99. The first kappa shape index (κ1) is 18.6. The van der Waals surface area contributed by atoms with Crippen molar-refractivity contribution in [2.45, 2.75) is 51.3 Å². The smallest absolute Gasteiger partial charge is 0.133 e. The van der Waals surface area contributed by atoms with E-state index in [2.05, 4.69) is 44.1 Å². The molecule has 1 heterocycles. The SMILES string of the molecule is CCCCC.CCc1cnccc1Oc1ccc(SC)cc1. The number of nitrogens with zero attached hydrogens (tertiary/aromatic N) is 1. The highest BCUT2D eigenvalue weighted by Gasteiger charge is 2.02. The van der Waals surface area contributed by atoms with Gasteiger partial charge in [0.15, 0.2) is 0 Å². The fourth-order valence-electron chi connectivity index (χ4n) is 1.90. The fraction of sp³-hybridized carbons (Fsp3) is 0.421. The van der Waals surface area contributed by atoms with Crippen LogP contribution in [0.5, 0.6) is 11.5 Å². The molecule has 0 saturated heterocycles. The van der Waals surface area contributed by atoms with Gasteiger partial charge in [-0.1, -0.05) is 40.0 Å². The minimum Gasteiger partial charge on any atom is -0.457 e. The molecule has 0 atom stereocenters. The quantitative estimate of drug-likeness (QED) is 0.579. The number of aryl methyl sites for hydroxylation is 1. The minimum atomic E-state index is 0.865. The molecule has 0 unspecified atom stereocenters. The van der Waals surface area contributed by atoms with E-state index in [0.717, 1.165) is 23.5 Å². The first-order chi connectivity index (χ1) is 10.7. The molecule has 0 amide bonds. The summed E-state index contributed by atoms with van der Waals surface area (Å²) in [6.07, 6.45) is 10.7. The Bertz CT molecular complexity index is 523. The molecule has 2 nitrogen and oxygen atoms in total. The van der Waals surface area contributed by atoms with Crippen molar-refractivity contribution in [3.05, 3.63) is 48.3 Å². The van der Waals surface area contributed by atoms with Crippen molar-refractivity contribution in [1.29, 1.82) is 0 Å². The summed E-state index contributed by atoms with van der Waals surface area (Å²) >= 11 is 1.73. The average Bonchev–Trinajstić information content (AvgIpc) is 2.57. The van der Waals surface area contributed by atoms with Crippen molar-refractivity contribution in [1.82, 2.24) is 4.98 Å². The third-order valence-corrected chi connectivity index (χ3v) is 3.98. The Balaban J connectivity index is 0.000000422. The van der Waals surface area contributed by atoms with Gasteiger partial charge in [0.05, 0.1) is 0 Å². The molecule has 0 fully saturated rings. The molecule has 1 aromatic heterocycles. The minimum absolute atomic E-state index is 0.865. The Morgan fingerprint density at radius 2 is 1.68 bits per heavy atom. The molecule has 0 radical (unpaired) electrons. The van der Waals surface area contributed by atoms with Crippen LogP contribution in [0.4, 0.5) is 0 Å². The van der Waals surface area contributed by atoms with Gasteiger partial charge in [-0.05, 0) is 43.0 Å². The lowest BCUT2D eigenvalue weighted by molar-refractivity contribution is 0.475.